The van der Waals surface area contributed by atoms with E-state index in [1.165, 1.54) is 19.4 Å². The molecule has 0 aromatic heterocycles. The zero-order valence-electron chi connectivity index (χ0n) is 16.8. The molecule has 2 aliphatic rings. The molecule has 2 aliphatic heterocycles. The molecule has 2 N–H and O–H groups in total. The fraction of sp³-hybridized carbons (Fsp3) is 1.00. The van der Waals surface area contributed by atoms with E-state index in [4.69, 9.17) is 4.74 Å². The van der Waals surface area contributed by atoms with Gasteiger partial charge in [-0.25, -0.2) is 0 Å². The van der Waals surface area contributed by atoms with Gasteiger partial charge in [-0.2, -0.15) is 0 Å². The van der Waals surface area contributed by atoms with Gasteiger partial charge in [0, 0.05) is 18.1 Å². The molecule has 2 heterocycles. The van der Waals surface area contributed by atoms with Crippen LogP contribution in [0.15, 0.2) is 0 Å². The topological polar surface area (TPSA) is 41.5 Å². The SMILES string of the molecule is CC.CC(C)C1(CO)CCCOC1.CC1CC(C(C)C)CCN1. The fourth-order valence-corrected chi connectivity index (χ4v) is 3.41. The number of ether oxygens (including phenoxy) is 1. The lowest BCUT2D eigenvalue weighted by Crippen LogP contribution is -2.39. The van der Waals surface area contributed by atoms with Crippen LogP contribution in [0.25, 0.3) is 0 Å². The fourth-order valence-electron chi connectivity index (χ4n) is 3.41. The molecule has 0 aromatic carbocycles. The quantitative estimate of drug-likeness (QED) is 0.801. The van der Waals surface area contributed by atoms with Gasteiger partial charge in [-0.3, -0.25) is 0 Å². The van der Waals surface area contributed by atoms with Crippen molar-refractivity contribution in [3.8, 4) is 0 Å². The second-order valence-corrected chi connectivity index (χ2v) is 7.71. The third-order valence-electron chi connectivity index (χ3n) is 5.50. The second-order valence-electron chi connectivity index (χ2n) is 7.71. The molecule has 140 valence electrons. The van der Waals surface area contributed by atoms with Crippen LogP contribution < -0.4 is 5.32 Å². The molecule has 0 saturated carbocycles. The summed E-state index contributed by atoms with van der Waals surface area (Å²) in [4.78, 5) is 0. The number of aliphatic hydroxyl groups is 1. The molecule has 0 radical (unpaired) electrons. The minimum atomic E-state index is 0.0538. The predicted octanol–water partition coefficient (Wildman–Crippen LogP) is 4.49. The van der Waals surface area contributed by atoms with Crippen molar-refractivity contribution in [1.82, 2.24) is 5.32 Å². The summed E-state index contributed by atoms with van der Waals surface area (Å²) >= 11 is 0. The third kappa shape index (κ3) is 8.00. The number of nitrogens with one attached hydrogen (secondary N) is 1. The summed E-state index contributed by atoms with van der Waals surface area (Å²) in [5.41, 5.74) is 0.0538. The molecule has 3 atom stereocenters. The first-order valence-electron chi connectivity index (χ1n) is 9.83. The van der Waals surface area contributed by atoms with Crippen LogP contribution in [0.2, 0.25) is 0 Å². The van der Waals surface area contributed by atoms with Gasteiger partial charge >= 0.3 is 0 Å². The molecule has 3 nitrogen and oxygen atoms in total. The Kier molecular flexibility index (Phi) is 12.2. The normalized spacial score (nSPS) is 31.0. The summed E-state index contributed by atoms with van der Waals surface area (Å²) in [5.74, 6) is 2.37. The first kappa shape index (κ1) is 22.9. The molecule has 0 aliphatic carbocycles. The Labute approximate surface area is 145 Å². The van der Waals surface area contributed by atoms with Gasteiger partial charge < -0.3 is 15.2 Å². The summed E-state index contributed by atoms with van der Waals surface area (Å²) in [6, 6.07) is 0.751. The van der Waals surface area contributed by atoms with Crippen LogP contribution >= 0.6 is 0 Å². The maximum Gasteiger partial charge on any atom is 0.0546 e. The highest BCUT2D eigenvalue weighted by Crippen LogP contribution is 2.35. The van der Waals surface area contributed by atoms with Gasteiger partial charge in [0.25, 0.3) is 0 Å². The van der Waals surface area contributed by atoms with E-state index in [0.717, 1.165) is 43.9 Å². The number of piperidine rings is 1. The number of rotatable bonds is 3. The van der Waals surface area contributed by atoms with Gasteiger partial charge in [0.1, 0.15) is 0 Å². The van der Waals surface area contributed by atoms with Crippen LogP contribution in [0.4, 0.5) is 0 Å². The maximum absolute atomic E-state index is 9.23. The predicted molar refractivity (Wildman–Crippen MR) is 101 cm³/mol. The molecule has 2 fully saturated rings. The zero-order chi connectivity index (χ0) is 17.9. The van der Waals surface area contributed by atoms with Gasteiger partial charge in [-0.05, 0) is 56.9 Å². The maximum atomic E-state index is 9.23. The Bertz CT molecular complexity index is 273. The van der Waals surface area contributed by atoms with Gasteiger partial charge in [0.2, 0.25) is 0 Å². The zero-order valence-corrected chi connectivity index (χ0v) is 16.8. The molecule has 3 heteroatoms. The number of hydrogen-bond donors (Lipinski definition) is 2. The summed E-state index contributed by atoms with van der Waals surface area (Å²) in [6.45, 7) is 18.4. The van der Waals surface area contributed by atoms with E-state index in [2.05, 4.69) is 39.9 Å². The van der Waals surface area contributed by atoms with Gasteiger partial charge in [0.15, 0.2) is 0 Å². The lowest BCUT2D eigenvalue weighted by atomic mass is 9.74. The van der Waals surface area contributed by atoms with Crippen molar-refractivity contribution in [2.75, 3.05) is 26.4 Å². The molecule has 0 bridgehead atoms. The monoisotopic (exact) mass is 329 g/mol. The summed E-state index contributed by atoms with van der Waals surface area (Å²) in [5, 5.41) is 12.7. The van der Waals surface area contributed by atoms with E-state index in [-0.39, 0.29) is 12.0 Å². The molecule has 0 spiro atoms. The summed E-state index contributed by atoms with van der Waals surface area (Å²) in [7, 11) is 0. The van der Waals surface area contributed by atoms with E-state index >= 15 is 0 Å². The van der Waals surface area contributed by atoms with E-state index in [9.17, 15) is 5.11 Å². The average molecular weight is 330 g/mol. The van der Waals surface area contributed by atoms with Crippen molar-refractivity contribution in [3.63, 3.8) is 0 Å². The highest BCUT2D eigenvalue weighted by Gasteiger charge is 2.35. The Morgan fingerprint density at radius 1 is 1.22 bits per heavy atom. The first-order valence-corrected chi connectivity index (χ1v) is 9.83. The lowest BCUT2D eigenvalue weighted by molar-refractivity contribution is -0.0641. The third-order valence-corrected chi connectivity index (χ3v) is 5.50. The minimum Gasteiger partial charge on any atom is -0.396 e. The van der Waals surface area contributed by atoms with Crippen LogP contribution in [0.1, 0.15) is 74.1 Å². The van der Waals surface area contributed by atoms with Crippen LogP contribution in [-0.2, 0) is 4.74 Å². The largest absolute Gasteiger partial charge is 0.396 e. The van der Waals surface area contributed by atoms with Gasteiger partial charge in [0.05, 0.1) is 13.2 Å². The van der Waals surface area contributed by atoms with E-state index in [1.807, 2.05) is 13.8 Å². The standard InChI is InChI=1S/C9H19N.C9H18O2.C2H6/c1-7(2)9-4-5-10-8(3)6-9;1-8(2)9(6-10)4-3-5-11-7-9;1-2/h7-10H,4-6H2,1-3H3;8,10H,3-7H2,1-2H3;1-2H3. The Morgan fingerprint density at radius 2 is 1.87 bits per heavy atom. The van der Waals surface area contributed by atoms with E-state index in [0.29, 0.717) is 5.92 Å². The van der Waals surface area contributed by atoms with Crippen molar-refractivity contribution < 1.29 is 9.84 Å². The van der Waals surface area contributed by atoms with Crippen LogP contribution in [0.5, 0.6) is 0 Å². The molecule has 3 unspecified atom stereocenters. The molecular weight excluding hydrogens is 286 g/mol. The molecule has 0 amide bonds. The van der Waals surface area contributed by atoms with Crippen LogP contribution in [0, 0.1) is 23.2 Å². The highest BCUT2D eigenvalue weighted by molar-refractivity contribution is 4.83. The molecule has 23 heavy (non-hydrogen) atoms. The van der Waals surface area contributed by atoms with Crippen LogP contribution in [0.3, 0.4) is 0 Å². The summed E-state index contributed by atoms with van der Waals surface area (Å²) in [6.07, 6.45) is 4.96. The number of hydrogen-bond acceptors (Lipinski definition) is 3. The van der Waals surface area contributed by atoms with Crippen molar-refractivity contribution >= 4 is 0 Å². The van der Waals surface area contributed by atoms with E-state index < -0.39 is 0 Å². The molecular formula is C20H43NO2. The van der Waals surface area contributed by atoms with Gasteiger partial charge in [-0.1, -0.05) is 41.5 Å². The molecule has 2 rings (SSSR count). The van der Waals surface area contributed by atoms with Crippen molar-refractivity contribution in [3.05, 3.63) is 0 Å². The number of aliphatic hydroxyl groups excluding tert-OH is 1. The van der Waals surface area contributed by atoms with Gasteiger partial charge in [-0.15, -0.1) is 0 Å². The average Bonchev–Trinajstić information content (AvgIpc) is 2.57. The molecule has 2 saturated heterocycles. The lowest BCUT2D eigenvalue weighted by Gasteiger charge is -2.38. The first-order chi connectivity index (χ1) is 10.9. The highest BCUT2D eigenvalue weighted by atomic mass is 16.5. The van der Waals surface area contributed by atoms with Crippen molar-refractivity contribution in [1.29, 1.82) is 0 Å². The Morgan fingerprint density at radius 3 is 2.17 bits per heavy atom. The van der Waals surface area contributed by atoms with E-state index in [1.54, 1.807) is 0 Å². The van der Waals surface area contributed by atoms with Crippen molar-refractivity contribution in [2.45, 2.75) is 80.2 Å². The van der Waals surface area contributed by atoms with Crippen LogP contribution in [-0.4, -0.2) is 37.5 Å². The molecule has 0 aromatic rings. The minimum absolute atomic E-state index is 0.0538. The Balaban J connectivity index is 0.000000381. The van der Waals surface area contributed by atoms with Crippen molar-refractivity contribution in [2.24, 2.45) is 23.2 Å². The smallest absolute Gasteiger partial charge is 0.0546 e. The second kappa shape index (κ2) is 12.3. The Hall–Kier alpha value is -0.120. The summed E-state index contributed by atoms with van der Waals surface area (Å²) < 4.78 is 5.38.